The molecule has 16 heavy (non-hydrogen) atoms. The second-order valence-corrected chi connectivity index (χ2v) is 4.98. The van der Waals surface area contributed by atoms with E-state index >= 15 is 0 Å². The third kappa shape index (κ3) is 2.43. The van der Waals surface area contributed by atoms with Crippen LogP contribution in [-0.4, -0.2) is 23.8 Å². The average Bonchev–Trinajstić information content (AvgIpc) is 2.88. The van der Waals surface area contributed by atoms with Crippen molar-refractivity contribution in [2.75, 3.05) is 13.6 Å². The van der Waals surface area contributed by atoms with E-state index < -0.39 is 0 Å². The van der Waals surface area contributed by atoms with Crippen LogP contribution < -0.4 is 5.32 Å². The summed E-state index contributed by atoms with van der Waals surface area (Å²) in [4.78, 5) is 0. The van der Waals surface area contributed by atoms with Crippen LogP contribution in [-0.2, 0) is 11.8 Å². The van der Waals surface area contributed by atoms with Gasteiger partial charge in [0.05, 0.1) is 0 Å². The molecule has 1 fully saturated rings. The Balaban J connectivity index is 1.96. The molecule has 0 spiro atoms. The summed E-state index contributed by atoms with van der Waals surface area (Å²) in [6, 6.07) is 0. The first-order chi connectivity index (χ1) is 7.74. The lowest BCUT2D eigenvalue weighted by Gasteiger charge is -2.17. The molecular formula is C12H21N3O. The molecule has 1 N–H and O–H groups in total. The lowest BCUT2D eigenvalue weighted by atomic mass is 9.89. The zero-order chi connectivity index (χ0) is 11.4. The second-order valence-electron chi connectivity index (χ2n) is 4.98. The van der Waals surface area contributed by atoms with Gasteiger partial charge in [0.1, 0.15) is 0 Å². The molecule has 0 radical (unpaired) electrons. The minimum atomic E-state index is 0.147. The van der Waals surface area contributed by atoms with E-state index in [-0.39, 0.29) is 5.41 Å². The van der Waals surface area contributed by atoms with Gasteiger partial charge in [0.2, 0.25) is 11.8 Å². The van der Waals surface area contributed by atoms with Crippen LogP contribution in [0.25, 0.3) is 0 Å². The monoisotopic (exact) mass is 223 g/mol. The first-order valence-corrected chi connectivity index (χ1v) is 6.22. The van der Waals surface area contributed by atoms with E-state index in [1.165, 1.54) is 25.7 Å². The molecule has 1 aliphatic carbocycles. The molecule has 0 saturated heterocycles. The van der Waals surface area contributed by atoms with Gasteiger partial charge in [-0.2, -0.15) is 0 Å². The fourth-order valence-electron chi connectivity index (χ4n) is 2.38. The minimum Gasteiger partial charge on any atom is -0.425 e. The summed E-state index contributed by atoms with van der Waals surface area (Å²) in [5, 5.41) is 11.5. The highest BCUT2D eigenvalue weighted by molar-refractivity contribution is 5.04. The summed E-state index contributed by atoms with van der Waals surface area (Å²) < 4.78 is 5.77. The maximum atomic E-state index is 5.77. The standard InChI is InChI=1S/C12H21N3O/c1-12(7-3-4-8-12)11-15-14-10(16-11)6-5-9-13-2/h13H,3-9H2,1-2H3. The maximum Gasteiger partial charge on any atom is 0.222 e. The van der Waals surface area contributed by atoms with Gasteiger partial charge in [0.15, 0.2) is 0 Å². The Morgan fingerprint density at radius 2 is 2.06 bits per heavy atom. The maximum absolute atomic E-state index is 5.77. The first kappa shape index (κ1) is 11.6. The molecule has 1 aromatic rings. The average molecular weight is 223 g/mol. The molecule has 0 aliphatic heterocycles. The van der Waals surface area contributed by atoms with Crippen LogP contribution in [0.5, 0.6) is 0 Å². The molecule has 4 nitrogen and oxygen atoms in total. The SMILES string of the molecule is CNCCCc1nnc(C2(C)CCCC2)o1. The molecule has 1 aliphatic rings. The van der Waals surface area contributed by atoms with Gasteiger partial charge in [-0.25, -0.2) is 0 Å². The topological polar surface area (TPSA) is 51.0 Å². The molecule has 1 heterocycles. The van der Waals surface area contributed by atoms with E-state index in [0.29, 0.717) is 0 Å². The normalized spacial score (nSPS) is 19.1. The summed E-state index contributed by atoms with van der Waals surface area (Å²) in [7, 11) is 1.96. The molecule has 0 amide bonds. The van der Waals surface area contributed by atoms with Gasteiger partial charge in [0, 0.05) is 11.8 Å². The Morgan fingerprint density at radius 1 is 1.31 bits per heavy atom. The Bertz CT molecular complexity index is 329. The van der Waals surface area contributed by atoms with Crippen LogP contribution >= 0.6 is 0 Å². The van der Waals surface area contributed by atoms with Gasteiger partial charge in [-0.1, -0.05) is 19.8 Å². The molecule has 90 valence electrons. The molecule has 0 bridgehead atoms. The quantitative estimate of drug-likeness (QED) is 0.776. The van der Waals surface area contributed by atoms with Crippen LogP contribution in [0.15, 0.2) is 4.42 Å². The van der Waals surface area contributed by atoms with Crippen LogP contribution in [0.3, 0.4) is 0 Å². The smallest absolute Gasteiger partial charge is 0.222 e. The summed E-state index contributed by atoms with van der Waals surface area (Å²) in [6.45, 7) is 3.24. The van der Waals surface area contributed by atoms with Crippen LogP contribution in [0.1, 0.15) is 50.8 Å². The van der Waals surface area contributed by atoms with Crippen LogP contribution in [0.2, 0.25) is 0 Å². The molecule has 0 unspecified atom stereocenters. The van der Waals surface area contributed by atoms with Gasteiger partial charge in [-0.05, 0) is 32.9 Å². The minimum absolute atomic E-state index is 0.147. The van der Waals surface area contributed by atoms with E-state index in [0.717, 1.165) is 31.2 Å². The van der Waals surface area contributed by atoms with Crippen molar-refractivity contribution in [2.24, 2.45) is 0 Å². The largest absolute Gasteiger partial charge is 0.425 e. The number of aryl methyl sites for hydroxylation is 1. The van der Waals surface area contributed by atoms with Crippen molar-refractivity contribution in [1.29, 1.82) is 0 Å². The summed E-state index contributed by atoms with van der Waals surface area (Å²) >= 11 is 0. The fourth-order valence-corrected chi connectivity index (χ4v) is 2.38. The van der Waals surface area contributed by atoms with Crippen molar-refractivity contribution in [3.8, 4) is 0 Å². The summed E-state index contributed by atoms with van der Waals surface area (Å²) in [5.74, 6) is 1.64. The van der Waals surface area contributed by atoms with E-state index in [1.54, 1.807) is 0 Å². The lowest BCUT2D eigenvalue weighted by Crippen LogP contribution is -2.17. The van der Waals surface area contributed by atoms with Crippen molar-refractivity contribution in [3.63, 3.8) is 0 Å². The van der Waals surface area contributed by atoms with E-state index in [4.69, 9.17) is 4.42 Å². The molecule has 1 aromatic heterocycles. The second kappa shape index (κ2) is 4.95. The molecular weight excluding hydrogens is 202 g/mol. The van der Waals surface area contributed by atoms with E-state index in [9.17, 15) is 0 Å². The molecule has 0 aromatic carbocycles. The number of hydrogen-bond donors (Lipinski definition) is 1. The van der Waals surface area contributed by atoms with Crippen molar-refractivity contribution in [3.05, 3.63) is 11.8 Å². The molecule has 0 atom stereocenters. The predicted octanol–water partition coefficient (Wildman–Crippen LogP) is 2.05. The number of aromatic nitrogens is 2. The third-order valence-electron chi connectivity index (χ3n) is 3.51. The van der Waals surface area contributed by atoms with Crippen molar-refractivity contribution < 1.29 is 4.42 Å². The lowest BCUT2D eigenvalue weighted by molar-refractivity contribution is 0.335. The Hall–Kier alpha value is -0.900. The third-order valence-corrected chi connectivity index (χ3v) is 3.51. The first-order valence-electron chi connectivity index (χ1n) is 6.22. The fraction of sp³-hybridized carbons (Fsp3) is 0.833. The number of rotatable bonds is 5. The zero-order valence-corrected chi connectivity index (χ0v) is 10.3. The Morgan fingerprint density at radius 3 is 2.75 bits per heavy atom. The number of nitrogens with zero attached hydrogens (tertiary/aromatic N) is 2. The zero-order valence-electron chi connectivity index (χ0n) is 10.3. The Labute approximate surface area is 96.8 Å². The van der Waals surface area contributed by atoms with Crippen LogP contribution in [0.4, 0.5) is 0 Å². The summed E-state index contributed by atoms with van der Waals surface area (Å²) in [5.41, 5.74) is 0.147. The van der Waals surface area contributed by atoms with Gasteiger partial charge in [0.25, 0.3) is 0 Å². The predicted molar refractivity (Wildman–Crippen MR) is 62.4 cm³/mol. The van der Waals surface area contributed by atoms with Gasteiger partial charge in [-0.15, -0.1) is 10.2 Å². The Kier molecular flexibility index (Phi) is 3.59. The van der Waals surface area contributed by atoms with E-state index in [2.05, 4.69) is 22.4 Å². The van der Waals surface area contributed by atoms with Gasteiger partial charge < -0.3 is 9.73 Å². The number of nitrogens with one attached hydrogen (secondary N) is 1. The molecule has 2 rings (SSSR count). The molecule has 1 saturated carbocycles. The number of hydrogen-bond acceptors (Lipinski definition) is 4. The summed E-state index contributed by atoms with van der Waals surface area (Å²) in [6.07, 6.45) is 6.87. The van der Waals surface area contributed by atoms with Crippen molar-refractivity contribution in [1.82, 2.24) is 15.5 Å². The highest BCUT2D eigenvalue weighted by Gasteiger charge is 2.35. The van der Waals surface area contributed by atoms with Crippen molar-refractivity contribution >= 4 is 0 Å². The van der Waals surface area contributed by atoms with E-state index in [1.807, 2.05) is 7.05 Å². The highest BCUT2D eigenvalue weighted by atomic mass is 16.4. The molecule has 4 heteroatoms. The van der Waals surface area contributed by atoms with Crippen LogP contribution in [0, 0.1) is 0 Å². The highest BCUT2D eigenvalue weighted by Crippen LogP contribution is 2.39. The van der Waals surface area contributed by atoms with Gasteiger partial charge in [-0.3, -0.25) is 0 Å². The van der Waals surface area contributed by atoms with Gasteiger partial charge >= 0.3 is 0 Å². The van der Waals surface area contributed by atoms with Crippen molar-refractivity contribution in [2.45, 2.75) is 50.9 Å².